The molecule has 0 fully saturated rings. The van der Waals surface area contributed by atoms with Crippen molar-refractivity contribution >= 4 is 44.7 Å². The first-order chi connectivity index (χ1) is 19.2. The highest BCUT2D eigenvalue weighted by molar-refractivity contribution is 6.31. The third-order valence-corrected chi connectivity index (χ3v) is 8.58. The monoisotopic (exact) mass is 523 g/mol. The summed E-state index contributed by atoms with van der Waals surface area (Å²) < 4.78 is 6.73. The molecule has 2 heterocycles. The second-order valence-electron chi connectivity index (χ2n) is 10.2. The average Bonchev–Trinajstić information content (AvgIpc) is 3.22. The molecule has 39 heavy (non-hydrogen) atoms. The minimum absolute atomic E-state index is 0.000976. The quantitative estimate of drug-likeness (QED) is 0.227. The second kappa shape index (κ2) is 8.20. The fraction of sp³-hybridized carbons (Fsp3) is 0.0571. The van der Waals surface area contributed by atoms with Gasteiger partial charge in [0.25, 0.3) is 0 Å². The van der Waals surface area contributed by atoms with Crippen LogP contribution in [0.5, 0.6) is 11.5 Å². The van der Waals surface area contributed by atoms with Gasteiger partial charge in [-0.05, 0) is 39.9 Å². The summed E-state index contributed by atoms with van der Waals surface area (Å²) in [6.45, 7) is 0.376. The van der Waals surface area contributed by atoms with Crippen LogP contribution in [0.15, 0.2) is 121 Å². The van der Waals surface area contributed by atoms with Gasteiger partial charge >= 0.3 is 0 Å². The van der Waals surface area contributed by atoms with Crippen molar-refractivity contribution in [3.8, 4) is 11.5 Å². The van der Waals surface area contributed by atoms with Crippen LogP contribution >= 0.6 is 11.6 Å². The Morgan fingerprint density at radius 2 is 1.33 bits per heavy atom. The van der Waals surface area contributed by atoms with Gasteiger partial charge in [-0.1, -0.05) is 115 Å². The molecule has 1 amide bonds. The van der Waals surface area contributed by atoms with Crippen molar-refractivity contribution in [1.82, 2.24) is 0 Å². The Labute approximate surface area is 230 Å². The molecule has 6 aromatic carbocycles. The van der Waals surface area contributed by atoms with Crippen molar-refractivity contribution in [2.24, 2.45) is 0 Å². The highest BCUT2D eigenvalue weighted by atomic mass is 35.5. The molecule has 0 saturated carbocycles. The van der Waals surface area contributed by atoms with Crippen LogP contribution in [-0.4, -0.2) is 5.91 Å². The van der Waals surface area contributed by atoms with Gasteiger partial charge in [0, 0.05) is 32.8 Å². The van der Waals surface area contributed by atoms with Gasteiger partial charge < -0.3 is 9.64 Å². The van der Waals surface area contributed by atoms with Gasteiger partial charge in [-0.15, -0.1) is 0 Å². The summed E-state index contributed by atoms with van der Waals surface area (Å²) in [7, 11) is 0. The number of carbonyl (C=O) groups excluding carboxylic acids is 1. The summed E-state index contributed by atoms with van der Waals surface area (Å²) in [5, 5.41) is 4.79. The first kappa shape index (κ1) is 22.4. The number of benzene rings is 6. The molecule has 0 bridgehead atoms. The number of hydrogen-bond acceptors (Lipinski definition) is 2. The van der Waals surface area contributed by atoms with Crippen molar-refractivity contribution in [2.75, 3.05) is 4.90 Å². The topological polar surface area (TPSA) is 29.5 Å². The van der Waals surface area contributed by atoms with Gasteiger partial charge in [0.1, 0.15) is 16.9 Å². The van der Waals surface area contributed by atoms with Gasteiger partial charge in [-0.2, -0.15) is 0 Å². The van der Waals surface area contributed by atoms with Crippen molar-refractivity contribution < 1.29 is 9.53 Å². The van der Waals surface area contributed by atoms with Crippen LogP contribution in [0, 0.1) is 0 Å². The van der Waals surface area contributed by atoms with E-state index >= 15 is 4.79 Å². The largest absolute Gasteiger partial charge is 0.456 e. The zero-order valence-corrected chi connectivity index (χ0v) is 21.7. The van der Waals surface area contributed by atoms with Crippen molar-refractivity contribution in [3.05, 3.63) is 149 Å². The van der Waals surface area contributed by atoms with E-state index in [2.05, 4.69) is 48.5 Å². The fourth-order valence-corrected chi connectivity index (χ4v) is 6.72. The first-order valence-electron chi connectivity index (χ1n) is 13.0. The SMILES string of the molecule is O=C1N(Cc2ccccc2Cl)c2ccccc2C12c1ccc3ccccc3c1Oc1ccc3ccccc3c12. The Bertz CT molecular complexity index is 1980. The summed E-state index contributed by atoms with van der Waals surface area (Å²) in [5.74, 6) is 1.44. The molecule has 0 saturated heterocycles. The molecule has 3 nitrogen and oxygen atoms in total. The van der Waals surface area contributed by atoms with Crippen molar-refractivity contribution in [2.45, 2.75) is 12.0 Å². The van der Waals surface area contributed by atoms with E-state index in [9.17, 15) is 0 Å². The maximum atomic E-state index is 15.2. The predicted octanol–water partition coefficient (Wildman–Crippen LogP) is 8.63. The molecule has 0 aliphatic carbocycles. The third kappa shape index (κ3) is 2.96. The number of para-hydroxylation sites is 1. The number of fused-ring (bicyclic) bond motifs is 10. The molecule has 186 valence electrons. The molecule has 1 spiro atoms. The van der Waals surface area contributed by atoms with Crippen LogP contribution in [0.1, 0.15) is 22.3 Å². The summed E-state index contributed by atoms with van der Waals surface area (Å²) in [6, 6.07) is 40.6. The van der Waals surface area contributed by atoms with E-state index in [0.29, 0.717) is 17.3 Å². The standard InChI is InChI=1S/C35H22ClNO2/c36-29-15-7-3-11-24(29)21-37-30-16-8-6-14-27(30)35(34(37)38)28-19-17-23-10-2-5-13-26(23)33(28)39-31-20-18-22-9-1-4-12-25(22)32(31)35/h1-20H,21H2. The lowest BCUT2D eigenvalue weighted by Gasteiger charge is -2.38. The summed E-state index contributed by atoms with van der Waals surface area (Å²) in [6.07, 6.45) is 0. The number of halogens is 1. The van der Waals surface area contributed by atoms with Crippen molar-refractivity contribution in [1.29, 1.82) is 0 Å². The van der Waals surface area contributed by atoms with Crippen LogP contribution in [0.2, 0.25) is 5.02 Å². The number of rotatable bonds is 2. The lowest BCUT2D eigenvalue weighted by molar-refractivity contribution is -0.121. The van der Waals surface area contributed by atoms with Gasteiger partial charge in [0.05, 0.1) is 6.54 Å². The Kier molecular flexibility index (Phi) is 4.71. The van der Waals surface area contributed by atoms with Gasteiger partial charge in [0.2, 0.25) is 5.91 Å². The average molecular weight is 524 g/mol. The van der Waals surface area contributed by atoms with E-state index in [-0.39, 0.29) is 5.91 Å². The summed E-state index contributed by atoms with van der Waals surface area (Å²) in [5.41, 5.74) is 3.43. The molecule has 6 aromatic rings. The molecule has 1 unspecified atom stereocenters. The zero-order valence-electron chi connectivity index (χ0n) is 20.9. The van der Waals surface area contributed by atoms with Crippen LogP contribution in [-0.2, 0) is 16.8 Å². The summed E-state index contributed by atoms with van der Waals surface area (Å²) >= 11 is 6.60. The zero-order chi connectivity index (χ0) is 26.1. The number of amides is 1. The minimum Gasteiger partial charge on any atom is -0.456 e. The Morgan fingerprint density at radius 1 is 0.667 bits per heavy atom. The molecule has 0 radical (unpaired) electrons. The van der Waals surface area contributed by atoms with Crippen LogP contribution in [0.4, 0.5) is 5.69 Å². The molecule has 0 aromatic heterocycles. The predicted molar refractivity (Wildman–Crippen MR) is 157 cm³/mol. The molecule has 8 rings (SSSR count). The first-order valence-corrected chi connectivity index (χ1v) is 13.4. The smallest absolute Gasteiger partial charge is 0.247 e. The van der Waals surface area contributed by atoms with E-state index < -0.39 is 5.41 Å². The Morgan fingerprint density at radius 3 is 2.18 bits per heavy atom. The van der Waals surface area contributed by atoms with Gasteiger partial charge in [0.15, 0.2) is 0 Å². The molecule has 2 aliphatic heterocycles. The number of nitrogens with zero attached hydrogens (tertiary/aromatic N) is 1. The van der Waals surface area contributed by atoms with E-state index in [0.717, 1.165) is 55.2 Å². The minimum atomic E-state index is -1.08. The lowest BCUT2D eigenvalue weighted by Crippen LogP contribution is -2.43. The second-order valence-corrected chi connectivity index (χ2v) is 10.6. The highest BCUT2D eigenvalue weighted by Gasteiger charge is 2.58. The highest BCUT2D eigenvalue weighted by Crippen LogP contribution is 2.60. The molecular weight excluding hydrogens is 502 g/mol. The van der Waals surface area contributed by atoms with Crippen molar-refractivity contribution in [3.63, 3.8) is 0 Å². The number of ether oxygens (including phenoxy) is 1. The fourth-order valence-electron chi connectivity index (χ4n) is 6.53. The van der Waals surface area contributed by atoms with Crippen LogP contribution in [0.3, 0.4) is 0 Å². The maximum absolute atomic E-state index is 15.2. The summed E-state index contributed by atoms with van der Waals surface area (Å²) in [4.78, 5) is 17.1. The number of carbonyl (C=O) groups is 1. The van der Waals surface area contributed by atoms with Crippen LogP contribution < -0.4 is 9.64 Å². The molecule has 1 atom stereocenters. The molecular formula is C35H22ClNO2. The van der Waals surface area contributed by atoms with Gasteiger partial charge in [-0.25, -0.2) is 0 Å². The Balaban J connectivity index is 1.50. The molecule has 2 aliphatic rings. The van der Waals surface area contributed by atoms with E-state index in [1.54, 1.807) is 0 Å². The van der Waals surface area contributed by atoms with Crippen LogP contribution in [0.25, 0.3) is 21.5 Å². The third-order valence-electron chi connectivity index (χ3n) is 8.21. The Hall–Kier alpha value is -4.60. The lowest BCUT2D eigenvalue weighted by atomic mass is 9.66. The molecule has 4 heteroatoms. The number of hydrogen-bond donors (Lipinski definition) is 0. The van der Waals surface area contributed by atoms with E-state index in [4.69, 9.17) is 16.3 Å². The number of anilines is 1. The van der Waals surface area contributed by atoms with E-state index in [1.807, 2.05) is 77.7 Å². The van der Waals surface area contributed by atoms with Gasteiger partial charge in [-0.3, -0.25) is 4.79 Å². The van der Waals surface area contributed by atoms with E-state index in [1.165, 1.54) is 0 Å². The maximum Gasteiger partial charge on any atom is 0.247 e. The molecule has 0 N–H and O–H groups in total. The normalized spacial score (nSPS) is 17.3.